The lowest BCUT2D eigenvalue weighted by Crippen LogP contribution is -2.07. The van der Waals surface area contributed by atoms with Crippen LogP contribution in [0.3, 0.4) is 0 Å². The van der Waals surface area contributed by atoms with Crippen LogP contribution in [-0.2, 0) is 6.54 Å². The Kier molecular flexibility index (Phi) is 2.16. The molecule has 3 rings (SSSR count). The van der Waals surface area contributed by atoms with Crippen LogP contribution in [0.2, 0.25) is 5.02 Å². The number of hydrogen-bond acceptors (Lipinski definition) is 3. The number of aryl methyl sites for hydroxylation is 1. The fourth-order valence-corrected chi connectivity index (χ4v) is 2.14. The Labute approximate surface area is 101 Å². The zero-order valence-electron chi connectivity index (χ0n) is 9.07. The third kappa shape index (κ3) is 1.43. The Morgan fingerprint density at radius 2 is 2.35 bits per heavy atom. The minimum atomic E-state index is -0.241. The average molecular weight is 249 g/mol. The van der Waals surface area contributed by atoms with Crippen LogP contribution in [0.25, 0.3) is 21.9 Å². The molecule has 3 heterocycles. The Morgan fingerprint density at radius 1 is 1.53 bits per heavy atom. The van der Waals surface area contributed by atoms with Crippen LogP contribution in [0.4, 0.5) is 0 Å². The van der Waals surface area contributed by atoms with E-state index in [1.54, 1.807) is 16.9 Å². The van der Waals surface area contributed by atoms with Gasteiger partial charge < -0.3 is 4.98 Å². The van der Waals surface area contributed by atoms with E-state index in [9.17, 15) is 4.79 Å². The molecule has 3 aromatic rings. The van der Waals surface area contributed by atoms with Crippen LogP contribution in [0.5, 0.6) is 0 Å². The Morgan fingerprint density at radius 3 is 3.12 bits per heavy atom. The van der Waals surface area contributed by atoms with E-state index >= 15 is 0 Å². The first-order valence-corrected chi connectivity index (χ1v) is 5.62. The van der Waals surface area contributed by atoms with Gasteiger partial charge in [-0.3, -0.25) is 9.48 Å². The lowest BCUT2D eigenvalue weighted by atomic mass is 10.2. The summed E-state index contributed by atoms with van der Waals surface area (Å²) in [5.41, 5.74) is 0.648. The van der Waals surface area contributed by atoms with E-state index in [0.29, 0.717) is 22.7 Å². The van der Waals surface area contributed by atoms with Crippen molar-refractivity contribution in [2.24, 2.45) is 0 Å². The summed E-state index contributed by atoms with van der Waals surface area (Å²) in [6.45, 7) is 2.66. The molecule has 0 aliphatic heterocycles. The monoisotopic (exact) mass is 248 g/mol. The smallest absolute Gasteiger partial charge is 0.277 e. The lowest BCUT2D eigenvalue weighted by Gasteiger charge is -1.99. The minimum absolute atomic E-state index is 0.241. The largest absolute Gasteiger partial charge is 0.305 e. The second-order valence-corrected chi connectivity index (χ2v) is 4.12. The number of rotatable bonds is 1. The molecule has 1 N–H and O–H groups in total. The predicted octanol–water partition coefficient (Wildman–Crippen LogP) is 1.95. The first-order valence-electron chi connectivity index (χ1n) is 5.24. The highest BCUT2D eigenvalue weighted by atomic mass is 35.5. The van der Waals surface area contributed by atoms with Crippen LogP contribution >= 0.6 is 11.6 Å². The molecule has 17 heavy (non-hydrogen) atoms. The zero-order valence-corrected chi connectivity index (χ0v) is 9.82. The molecule has 86 valence electrons. The molecule has 0 bridgehead atoms. The molecule has 0 unspecified atom stereocenters. The molecule has 0 fully saturated rings. The van der Waals surface area contributed by atoms with Crippen molar-refractivity contribution < 1.29 is 0 Å². The molecule has 6 heteroatoms. The maximum absolute atomic E-state index is 11.8. The van der Waals surface area contributed by atoms with Crippen molar-refractivity contribution in [3.05, 3.63) is 33.8 Å². The Hall–Kier alpha value is -1.88. The van der Waals surface area contributed by atoms with Gasteiger partial charge in [0.2, 0.25) is 0 Å². The van der Waals surface area contributed by atoms with Gasteiger partial charge >= 0.3 is 0 Å². The van der Waals surface area contributed by atoms with E-state index in [1.807, 2.05) is 13.1 Å². The van der Waals surface area contributed by atoms with Crippen molar-refractivity contribution >= 4 is 33.5 Å². The second kappa shape index (κ2) is 3.56. The van der Waals surface area contributed by atoms with Crippen LogP contribution in [0, 0.1) is 0 Å². The van der Waals surface area contributed by atoms with Gasteiger partial charge in [0.15, 0.2) is 5.52 Å². The molecule has 5 nitrogen and oxygen atoms in total. The maximum Gasteiger partial charge on any atom is 0.277 e. The fraction of sp³-hybridized carbons (Fsp3) is 0.182. The molecule has 0 amide bonds. The topological polar surface area (TPSA) is 63.6 Å². The Balaban J connectivity index is 2.61. The number of nitrogens with one attached hydrogen (secondary N) is 1. The third-order valence-corrected chi connectivity index (χ3v) is 3.02. The summed E-state index contributed by atoms with van der Waals surface area (Å²) in [7, 11) is 0. The standard InChI is InChI=1S/C11H9ClN4O/c1-2-16-5-6-8-7(12)3-4-13-10(8)14-11(17)9(6)15-16/h3-5H,2H2,1H3,(H,13,14,17). The summed E-state index contributed by atoms with van der Waals surface area (Å²) in [5, 5.41) is 6.25. The number of hydrogen-bond donors (Lipinski definition) is 1. The number of aromatic nitrogens is 4. The highest BCUT2D eigenvalue weighted by Crippen LogP contribution is 2.26. The van der Waals surface area contributed by atoms with Gasteiger partial charge in [-0.1, -0.05) is 11.6 Å². The molecule has 0 spiro atoms. The predicted molar refractivity (Wildman–Crippen MR) is 66.3 cm³/mol. The molecule has 0 radical (unpaired) electrons. The molecule has 0 aromatic carbocycles. The highest BCUT2D eigenvalue weighted by molar-refractivity contribution is 6.37. The summed E-state index contributed by atoms with van der Waals surface area (Å²) in [6.07, 6.45) is 3.39. The number of H-pyrrole nitrogens is 1. The van der Waals surface area contributed by atoms with Gasteiger partial charge in [-0.05, 0) is 13.0 Å². The third-order valence-electron chi connectivity index (χ3n) is 2.70. The summed E-state index contributed by atoms with van der Waals surface area (Å²) in [6, 6.07) is 1.70. The molecule has 0 saturated heterocycles. The minimum Gasteiger partial charge on any atom is -0.305 e. The van der Waals surface area contributed by atoms with E-state index in [4.69, 9.17) is 11.6 Å². The van der Waals surface area contributed by atoms with Crippen molar-refractivity contribution in [3.63, 3.8) is 0 Å². The van der Waals surface area contributed by atoms with Gasteiger partial charge in [-0.25, -0.2) is 4.98 Å². The van der Waals surface area contributed by atoms with E-state index in [-0.39, 0.29) is 5.56 Å². The number of fused-ring (bicyclic) bond motifs is 3. The van der Waals surface area contributed by atoms with Crippen molar-refractivity contribution in [1.29, 1.82) is 0 Å². The van der Waals surface area contributed by atoms with Crippen LogP contribution in [0.1, 0.15) is 6.92 Å². The second-order valence-electron chi connectivity index (χ2n) is 3.72. The van der Waals surface area contributed by atoms with Gasteiger partial charge in [0.05, 0.1) is 5.02 Å². The highest BCUT2D eigenvalue weighted by Gasteiger charge is 2.12. The van der Waals surface area contributed by atoms with Gasteiger partial charge in [0, 0.05) is 29.7 Å². The molecule has 3 aromatic heterocycles. The van der Waals surface area contributed by atoms with Crippen molar-refractivity contribution in [3.8, 4) is 0 Å². The number of pyridine rings is 2. The van der Waals surface area contributed by atoms with Crippen LogP contribution < -0.4 is 5.56 Å². The summed E-state index contributed by atoms with van der Waals surface area (Å²) in [4.78, 5) is 18.6. The molecule has 0 atom stereocenters. The van der Waals surface area contributed by atoms with Gasteiger partial charge in [0.1, 0.15) is 5.65 Å². The number of nitrogens with zero attached hydrogens (tertiary/aromatic N) is 3. The summed E-state index contributed by atoms with van der Waals surface area (Å²) < 4.78 is 1.71. The van der Waals surface area contributed by atoms with E-state index < -0.39 is 0 Å². The number of aromatic amines is 1. The molecular formula is C11H9ClN4O. The van der Waals surface area contributed by atoms with E-state index in [2.05, 4.69) is 15.1 Å². The van der Waals surface area contributed by atoms with E-state index in [0.717, 1.165) is 10.8 Å². The molecule has 0 saturated carbocycles. The first kappa shape index (κ1) is 10.3. The first-order chi connectivity index (χ1) is 8.20. The normalized spacial score (nSPS) is 11.4. The average Bonchev–Trinajstić information content (AvgIpc) is 2.73. The molecule has 0 aliphatic rings. The van der Waals surface area contributed by atoms with E-state index in [1.165, 1.54) is 0 Å². The molecular weight excluding hydrogens is 240 g/mol. The van der Waals surface area contributed by atoms with Crippen LogP contribution in [0.15, 0.2) is 23.3 Å². The Bertz CT molecular complexity index is 774. The summed E-state index contributed by atoms with van der Waals surface area (Å²) >= 11 is 6.14. The van der Waals surface area contributed by atoms with Crippen molar-refractivity contribution in [2.45, 2.75) is 13.5 Å². The van der Waals surface area contributed by atoms with Gasteiger partial charge in [0.25, 0.3) is 5.56 Å². The quantitative estimate of drug-likeness (QED) is 0.716. The molecule has 0 aliphatic carbocycles. The SMILES string of the molecule is CCn1cc2c(n1)c(=O)[nH]c1nccc(Cl)c12. The lowest BCUT2D eigenvalue weighted by molar-refractivity contribution is 0.667. The van der Waals surface area contributed by atoms with Crippen molar-refractivity contribution in [2.75, 3.05) is 0 Å². The zero-order chi connectivity index (χ0) is 12.0. The fourth-order valence-electron chi connectivity index (χ4n) is 1.89. The maximum atomic E-state index is 11.8. The van der Waals surface area contributed by atoms with Gasteiger partial charge in [-0.15, -0.1) is 0 Å². The van der Waals surface area contributed by atoms with Crippen molar-refractivity contribution in [1.82, 2.24) is 19.7 Å². The number of halogens is 1. The van der Waals surface area contributed by atoms with Gasteiger partial charge in [-0.2, -0.15) is 5.10 Å². The van der Waals surface area contributed by atoms with Crippen LogP contribution in [-0.4, -0.2) is 19.7 Å². The summed E-state index contributed by atoms with van der Waals surface area (Å²) in [5.74, 6) is 0.